The first-order valence-electron chi connectivity index (χ1n) is 10.1. The second-order valence-electron chi connectivity index (χ2n) is 7.61. The van der Waals surface area contributed by atoms with Gasteiger partial charge in [0, 0.05) is 35.1 Å². The van der Waals surface area contributed by atoms with Gasteiger partial charge < -0.3 is 10.7 Å². The molecule has 7 nitrogen and oxygen atoms in total. The van der Waals surface area contributed by atoms with Gasteiger partial charge in [0.05, 0.1) is 16.9 Å². The quantitative estimate of drug-likeness (QED) is 0.356. The highest BCUT2D eigenvalue weighted by Gasteiger charge is 2.18. The smallest absolute Gasteiger partial charge is 0.157 e. The van der Waals surface area contributed by atoms with Gasteiger partial charge in [-0.15, -0.1) is 0 Å². The second-order valence-corrected chi connectivity index (χ2v) is 7.61. The molecule has 160 valence electrons. The van der Waals surface area contributed by atoms with Crippen LogP contribution in [0.25, 0.3) is 55.8 Å². The van der Waals surface area contributed by atoms with E-state index in [9.17, 15) is 8.78 Å². The van der Waals surface area contributed by atoms with Crippen molar-refractivity contribution in [3.63, 3.8) is 0 Å². The molecule has 0 atom stereocenters. The molecule has 0 radical (unpaired) electrons. The molecule has 0 bridgehead atoms. The number of nitrogen functional groups attached to an aromatic ring is 1. The highest BCUT2D eigenvalue weighted by molar-refractivity contribution is 5.97. The van der Waals surface area contributed by atoms with Gasteiger partial charge in [0.2, 0.25) is 0 Å². The number of rotatable bonds is 3. The monoisotopic (exact) mass is 439 g/mol. The van der Waals surface area contributed by atoms with Gasteiger partial charge in [0.25, 0.3) is 0 Å². The van der Waals surface area contributed by atoms with E-state index in [1.165, 1.54) is 24.4 Å². The minimum absolute atomic E-state index is 0.189. The zero-order valence-electron chi connectivity index (χ0n) is 17.0. The fraction of sp³-hybridized carbons (Fsp3) is 0. The maximum absolute atomic E-state index is 14.9. The summed E-state index contributed by atoms with van der Waals surface area (Å²) in [5.74, 6) is -0.383. The molecule has 0 aliphatic rings. The number of pyridine rings is 2. The molecule has 4 aromatic heterocycles. The van der Waals surface area contributed by atoms with Crippen molar-refractivity contribution in [2.45, 2.75) is 0 Å². The third kappa shape index (κ3) is 3.18. The lowest BCUT2D eigenvalue weighted by Gasteiger charge is -2.04. The normalized spacial score (nSPS) is 11.5. The first-order chi connectivity index (χ1) is 16.1. The van der Waals surface area contributed by atoms with E-state index in [0.29, 0.717) is 56.0 Å². The van der Waals surface area contributed by atoms with Crippen LogP contribution < -0.4 is 5.73 Å². The van der Waals surface area contributed by atoms with Gasteiger partial charge in [-0.3, -0.25) is 15.1 Å². The molecule has 6 rings (SSSR count). The van der Waals surface area contributed by atoms with Crippen molar-refractivity contribution in [1.29, 1.82) is 0 Å². The maximum atomic E-state index is 14.9. The molecule has 0 aliphatic carbocycles. The van der Waals surface area contributed by atoms with Crippen molar-refractivity contribution in [3.05, 3.63) is 78.8 Å². The Morgan fingerprint density at radius 2 is 1.79 bits per heavy atom. The van der Waals surface area contributed by atoms with Crippen LogP contribution in [0.4, 0.5) is 14.5 Å². The van der Waals surface area contributed by atoms with Gasteiger partial charge in [0.15, 0.2) is 11.6 Å². The maximum Gasteiger partial charge on any atom is 0.157 e. The number of H-pyrrole nitrogens is 2. The van der Waals surface area contributed by atoms with E-state index in [1.807, 2.05) is 6.07 Å². The molecule has 6 aromatic rings. The number of halogens is 2. The molecule has 4 heterocycles. The summed E-state index contributed by atoms with van der Waals surface area (Å²) in [6, 6.07) is 12.9. The zero-order valence-corrected chi connectivity index (χ0v) is 17.0. The molecule has 0 spiro atoms. The molecular weight excluding hydrogens is 424 g/mol. The van der Waals surface area contributed by atoms with E-state index in [0.717, 1.165) is 0 Å². The zero-order chi connectivity index (χ0) is 22.5. The lowest BCUT2D eigenvalue weighted by Crippen LogP contribution is -1.89. The number of aromatic amines is 2. The molecule has 0 unspecified atom stereocenters. The summed E-state index contributed by atoms with van der Waals surface area (Å²) in [5, 5.41) is 7.58. The number of hydrogen-bond donors (Lipinski definition) is 3. The van der Waals surface area contributed by atoms with Crippen LogP contribution in [0.5, 0.6) is 0 Å². The van der Waals surface area contributed by atoms with Gasteiger partial charge >= 0.3 is 0 Å². The summed E-state index contributed by atoms with van der Waals surface area (Å²) in [5.41, 5.74) is 10.7. The number of anilines is 1. The Bertz CT molecular complexity index is 1670. The van der Waals surface area contributed by atoms with E-state index < -0.39 is 5.82 Å². The lowest BCUT2D eigenvalue weighted by molar-refractivity contribution is 0.628. The molecule has 0 saturated carbocycles. The van der Waals surface area contributed by atoms with E-state index in [1.54, 1.807) is 36.7 Å². The molecular formula is C24H15F2N7. The summed E-state index contributed by atoms with van der Waals surface area (Å²) in [4.78, 5) is 16.4. The van der Waals surface area contributed by atoms with Crippen molar-refractivity contribution in [2.24, 2.45) is 0 Å². The molecule has 0 fully saturated rings. The van der Waals surface area contributed by atoms with Crippen LogP contribution >= 0.6 is 0 Å². The van der Waals surface area contributed by atoms with E-state index in [4.69, 9.17) is 10.7 Å². The molecule has 0 aliphatic heterocycles. The Labute approximate surface area is 185 Å². The van der Waals surface area contributed by atoms with Crippen LogP contribution in [0.1, 0.15) is 0 Å². The first-order valence-corrected chi connectivity index (χ1v) is 10.1. The summed E-state index contributed by atoms with van der Waals surface area (Å²) in [6.45, 7) is 0. The number of nitrogens with one attached hydrogen (secondary N) is 2. The number of nitrogens with zero attached hydrogens (tertiary/aromatic N) is 4. The topological polar surface area (TPSA) is 109 Å². The minimum Gasteiger partial charge on any atom is -0.397 e. The highest BCUT2D eigenvalue weighted by Crippen LogP contribution is 2.33. The van der Waals surface area contributed by atoms with Crippen molar-refractivity contribution < 1.29 is 8.78 Å². The van der Waals surface area contributed by atoms with Crippen molar-refractivity contribution >= 4 is 27.6 Å². The van der Waals surface area contributed by atoms with Gasteiger partial charge in [-0.25, -0.2) is 13.8 Å². The summed E-state index contributed by atoms with van der Waals surface area (Å²) in [7, 11) is 0. The summed E-state index contributed by atoms with van der Waals surface area (Å²) >= 11 is 0. The van der Waals surface area contributed by atoms with Crippen LogP contribution in [0.15, 0.2) is 67.1 Å². The average molecular weight is 439 g/mol. The molecule has 4 N–H and O–H groups in total. The number of nitrogens with two attached hydrogens (primary N) is 1. The average Bonchev–Trinajstić information content (AvgIpc) is 3.43. The third-order valence-corrected chi connectivity index (χ3v) is 5.44. The Kier molecular flexibility index (Phi) is 4.16. The Morgan fingerprint density at radius 3 is 2.64 bits per heavy atom. The fourth-order valence-corrected chi connectivity index (χ4v) is 3.94. The molecule has 0 amide bonds. The number of aromatic nitrogens is 6. The molecule has 9 heteroatoms. The SMILES string of the molecule is Nc1cncc(-c2cc(F)c3n[nH]c(-c4nc5c(-c6cccc(F)c6)nccc5[nH]4)c3c2)c1. The Morgan fingerprint density at radius 1 is 0.879 bits per heavy atom. The van der Waals surface area contributed by atoms with E-state index >= 15 is 0 Å². The third-order valence-electron chi connectivity index (χ3n) is 5.44. The van der Waals surface area contributed by atoms with Gasteiger partial charge in [-0.1, -0.05) is 12.1 Å². The van der Waals surface area contributed by atoms with Crippen molar-refractivity contribution in [2.75, 3.05) is 5.73 Å². The predicted molar refractivity (Wildman–Crippen MR) is 122 cm³/mol. The van der Waals surface area contributed by atoms with Crippen molar-refractivity contribution in [3.8, 4) is 33.9 Å². The molecule has 2 aromatic carbocycles. The van der Waals surface area contributed by atoms with E-state index in [2.05, 4.69) is 25.1 Å². The summed E-state index contributed by atoms with van der Waals surface area (Å²) < 4.78 is 28.7. The molecule has 33 heavy (non-hydrogen) atoms. The predicted octanol–water partition coefficient (Wildman–Crippen LogP) is 5.09. The van der Waals surface area contributed by atoms with Gasteiger partial charge in [-0.2, -0.15) is 5.10 Å². The fourth-order valence-electron chi connectivity index (χ4n) is 3.94. The van der Waals surface area contributed by atoms with Crippen LogP contribution in [-0.2, 0) is 0 Å². The second kappa shape index (κ2) is 7.20. The highest BCUT2D eigenvalue weighted by atomic mass is 19.1. The van der Waals surface area contributed by atoms with Crippen LogP contribution in [0.3, 0.4) is 0 Å². The number of fused-ring (bicyclic) bond motifs is 2. The summed E-state index contributed by atoms with van der Waals surface area (Å²) in [6.07, 6.45) is 4.77. The minimum atomic E-state index is -0.481. The van der Waals surface area contributed by atoms with Gasteiger partial charge in [-0.05, 0) is 42.0 Å². The Hall–Kier alpha value is -4.66. The van der Waals surface area contributed by atoms with Crippen LogP contribution in [-0.4, -0.2) is 30.1 Å². The van der Waals surface area contributed by atoms with E-state index in [-0.39, 0.29) is 11.3 Å². The number of hydrogen-bond acceptors (Lipinski definition) is 5. The van der Waals surface area contributed by atoms with Gasteiger partial charge in [0.1, 0.15) is 22.5 Å². The first kappa shape index (κ1) is 19.1. The Balaban J connectivity index is 1.54. The van der Waals surface area contributed by atoms with Crippen LogP contribution in [0.2, 0.25) is 0 Å². The largest absolute Gasteiger partial charge is 0.397 e. The lowest BCUT2D eigenvalue weighted by atomic mass is 10.0. The number of benzene rings is 2. The van der Waals surface area contributed by atoms with Crippen LogP contribution in [0, 0.1) is 11.6 Å². The molecule has 0 saturated heterocycles. The standard InChI is InChI=1S/C24H15F2N7/c25-15-3-1-2-12(6-15)20-23-19(4-5-29-20)30-24(31-23)22-17-8-13(9-18(26)21(17)32-33-22)14-7-16(27)11-28-10-14/h1-11H,27H2,(H,30,31)(H,32,33). The van der Waals surface area contributed by atoms with Crippen molar-refractivity contribution in [1.82, 2.24) is 30.1 Å². The number of imidazole rings is 1.